The van der Waals surface area contributed by atoms with E-state index in [4.69, 9.17) is 4.74 Å². The van der Waals surface area contributed by atoms with Crippen molar-refractivity contribution >= 4 is 5.97 Å². The van der Waals surface area contributed by atoms with Crippen LogP contribution in [-0.4, -0.2) is 26.9 Å². The Hall–Kier alpha value is -2.04. The maximum absolute atomic E-state index is 11.9. The summed E-state index contributed by atoms with van der Waals surface area (Å²) in [5, 5.41) is 4.62. The molecule has 0 saturated heterocycles. The standard InChI is InChI=1S/C16H23N3O2/c1-4-14(5-2)19-11-9-13(17-19)12-18-10-7-8-15(18)16(20)21-6-3/h7-11,14H,4-6,12H2,1-3H3. The van der Waals surface area contributed by atoms with E-state index in [1.54, 1.807) is 6.07 Å². The zero-order valence-corrected chi connectivity index (χ0v) is 13.0. The number of nitrogens with zero attached hydrogens (tertiary/aromatic N) is 3. The van der Waals surface area contributed by atoms with Gasteiger partial charge in [0.05, 0.1) is 24.9 Å². The van der Waals surface area contributed by atoms with Crippen LogP contribution in [0.1, 0.15) is 55.8 Å². The topological polar surface area (TPSA) is 49.0 Å². The Labute approximate surface area is 125 Å². The van der Waals surface area contributed by atoms with E-state index in [2.05, 4.69) is 18.9 Å². The van der Waals surface area contributed by atoms with Gasteiger partial charge in [-0.1, -0.05) is 13.8 Å². The summed E-state index contributed by atoms with van der Waals surface area (Å²) < 4.78 is 8.95. The van der Waals surface area contributed by atoms with Gasteiger partial charge in [-0.2, -0.15) is 5.10 Å². The molecule has 114 valence electrons. The molecule has 0 aliphatic heterocycles. The monoisotopic (exact) mass is 289 g/mol. The van der Waals surface area contributed by atoms with Crippen LogP contribution in [0, 0.1) is 0 Å². The summed E-state index contributed by atoms with van der Waals surface area (Å²) in [4.78, 5) is 11.9. The van der Waals surface area contributed by atoms with E-state index >= 15 is 0 Å². The summed E-state index contributed by atoms with van der Waals surface area (Å²) in [6, 6.07) is 6.07. The van der Waals surface area contributed by atoms with Crippen molar-refractivity contribution in [3.63, 3.8) is 0 Å². The Bertz CT molecular complexity index is 582. The molecule has 0 spiro atoms. The van der Waals surface area contributed by atoms with Crippen molar-refractivity contribution in [3.05, 3.63) is 42.0 Å². The van der Waals surface area contributed by atoms with Crippen LogP contribution < -0.4 is 0 Å². The first kappa shape index (κ1) is 15.4. The second kappa shape index (κ2) is 7.11. The molecule has 0 bridgehead atoms. The quantitative estimate of drug-likeness (QED) is 0.735. The van der Waals surface area contributed by atoms with Gasteiger partial charge in [-0.25, -0.2) is 4.79 Å². The van der Waals surface area contributed by atoms with E-state index in [0.29, 0.717) is 24.9 Å². The third kappa shape index (κ3) is 3.54. The largest absolute Gasteiger partial charge is 0.461 e. The fourth-order valence-electron chi connectivity index (χ4n) is 2.44. The normalized spacial score (nSPS) is 11.0. The summed E-state index contributed by atoms with van der Waals surface area (Å²) in [6.45, 7) is 7.10. The number of hydrogen-bond acceptors (Lipinski definition) is 3. The Morgan fingerprint density at radius 1 is 1.24 bits per heavy atom. The first-order chi connectivity index (χ1) is 10.2. The van der Waals surface area contributed by atoms with E-state index in [1.165, 1.54) is 0 Å². The van der Waals surface area contributed by atoms with Gasteiger partial charge in [-0.05, 0) is 38.0 Å². The highest BCUT2D eigenvalue weighted by atomic mass is 16.5. The van der Waals surface area contributed by atoms with Crippen molar-refractivity contribution in [2.45, 2.75) is 46.2 Å². The molecule has 2 aromatic heterocycles. The van der Waals surface area contributed by atoms with Gasteiger partial charge >= 0.3 is 5.97 Å². The Morgan fingerprint density at radius 2 is 2.00 bits per heavy atom. The van der Waals surface area contributed by atoms with Gasteiger partial charge in [0.1, 0.15) is 5.69 Å². The predicted octanol–water partition coefficient (Wildman–Crippen LogP) is 3.27. The summed E-state index contributed by atoms with van der Waals surface area (Å²) in [5.41, 5.74) is 1.51. The number of rotatable bonds is 7. The van der Waals surface area contributed by atoms with E-state index in [1.807, 2.05) is 40.7 Å². The minimum absolute atomic E-state index is 0.290. The summed E-state index contributed by atoms with van der Waals surface area (Å²) in [5.74, 6) is -0.290. The molecule has 0 atom stereocenters. The molecule has 2 rings (SSSR count). The van der Waals surface area contributed by atoms with Crippen LogP contribution in [0.5, 0.6) is 0 Å². The van der Waals surface area contributed by atoms with Gasteiger partial charge in [-0.3, -0.25) is 4.68 Å². The Balaban J connectivity index is 2.12. The third-order valence-corrected chi connectivity index (χ3v) is 3.63. The van der Waals surface area contributed by atoms with E-state index in [0.717, 1.165) is 18.5 Å². The summed E-state index contributed by atoms with van der Waals surface area (Å²) in [6.07, 6.45) is 6.02. The van der Waals surface area contributed by atoms with Crippen molar-refractivity contribution in [1.29, 1.82) is 0 Å². The van der Waals surface area contributed by atoms with Crippen molar-refractivity contribution in [1.82, 2.24) is 14.3 Å². The lowest BCUT2D eigenvalue weighted by Crippen LogP contribution is -2.13. The van der Waals surface area contributed by atoms with E-state index < -0.39 is 0 Å². The molecule has 2 aromatic rings. The van der Waals surface area contributed by atoms with Crippen LogP contribution in [0.3, 0.4) is 0 Å². The van der Waals surface area contributed by atoms with Crippen molar-refractivity contribution < 1.29 is 9.53 Å². The van der Waals surface area contributed by atoms with Crippen LogP contribution in [0.2, 0.25) is 0 Å². The van der Waals surface area contributed by atoms with E-state index in [-0.39, 0.29) is 5.97 Å². The lowest BCUT2D eigenvalue weighted by molar-refractivity contribution is 0.0514. The third-order valence-electron chi connectivity index (χ3n) is 3.63. The van der Waals surface area contributed by atoms with Crippen molar-refractivity contribution in [2.24, 2.45) is 0 Å². The molecule has 5 heteroatoms. The number of hydrogen-bond donors (Lipinski definition) is 0. The first-order valence-electron chi connectivity index (χ1n) is 7.55. The van der Waals surface area contributed by atoms with Crippen LogP contribution in [0.25, 0.3) is 0 Å². The fourth-order valence-corrected chi connectivity index (χ4v) is 2.44. The minimum atomic E-state index is -0.290. The molecule has 0 fully saturated rings. The van der Waals surface area contributed by atoms with Gasteiger partial charge < -0.3 is 9.30 Å². The molecule has 0 aliphatic carbocycles. The number of carbonyl (C=O) groups is 1. The first-order valence-corrected chi connectivity index (χ1v) is 7.55. The van der Waals surface area contributed by atoms with Gasteiger partial charge in [0, 0.05) is 12.4 Å². The number of carbonyl (C=O) groups excluding carboxylic acids is 1. The Kier molecular flexibility index (Phi) is 5.20. The average molecular weight is 289 g/mol. The molecule has 0 amide bonds. The van der Waals surface area contributed by atoms with Crippen LogP contribution in [0.15, 0.2) is 30.6 Å². The highest BCUT2D eigenvalue weighted by molar-refractivity contribution is 5.87. The SMILES string of the molecule is CCOC(=O)c1cccn1Cc1ccn(C(CC)CC)n1. The smallest absolute Gasteiger partial charge is 0.354 e. The number of ether oxygens (including phenoxy) is 1. The molecular weight excluding hydrogens is 266 g/mol. The second-order valence-electron chi connectivity index (χ2n) is 5.00. The molecule has 0 radical (unpaired) electrons. The van der Waals surface area contributed by atoms with Gasteiger partial charge in [0.25, 0.3) is 0 Å². The Morgan fingerprint density at radius 3 is 2.67 bits per heavy atom. The molecule has 0 N–H and O–H groups in total. The number of esters is 1. The molecule has 5 nitrogen and oxygen atoms in total. The maximum atomic E-state index is 11.9. The second-order valence-corrected chi connectivity index (χ2v) is 5.00. The summed E-state index contributed by atoms with van der Waals surface area (Å²) in [7, 11) is 0. The molecule has 2 heterocycles. The maximum Gasteiger partial charge on any atom is 0.354 e. The summed E-state index contributed by atoms with van der Waals surface area (Å²) >= 11 is 0. The molecule has 21 heavy (non-hydrogen) atoms. The lowest BCUT2D eigenvalue weighted by Gasteiger charge is -2.12. The molecule has 0 aliphatic rings. The van der Waals surface area contributed by atoms with Gasteiger partial charge in [0.15, 0.2) is 0 Å². The number of aromatic nitrogens is 3. The highest BCUT2D eigenvalue weighted by Crippen LogP contribution is 2.15. The predicted molar refractivity (Wildman–Crippen MR) is 81.3 cm³/mol. The molecule has 0 aromatic carbocycles. The molecule has 0 saturated carbocycles. The van der Waals surface area contributed by atoms with E-state index in [9.17, 15) is 4.79 Å². The molecule has 0 unspecified atom stereocenters. The lowest BCUT2D eigenvalue weighted by atomic mass is 10.2. The van der Waals surface area contributed by atoms with Gasteiger partial charge in [-0.15, -0.1) is 0 Å². The van der Waals surface area contributed by atoms with Crippen LogP contribution in [0.4, 0.5) is 0 Å². The minimum Gasteiger partial charge on any atom is -0.461 e. The molecular formula is C16H23N3O2. The zero-order chi connectivity index (χ0) is 15.2. The highest BCUT2D eigenvalue weighted by Gasteiger charge is 2.13. The van der Waals surface area contributed by atoms with Crippen LogP contribution in [-0.2, 0) is 11.3 Å². The zero-order valence-electron chi connectivity index (χ0n) is 13.0. The van der Waals surface area contributed by atoms with Gasteiger partial charge in [0.2, 0.25) is 0 Å². The van der Waals surface area contributed by atoms with Crippen LogP contribution >= 0.6 is 0 Å². The average Bonchev–Trinajstić information content (AvgIpc) is 3.11. The fraction of sp³-hybridized carbons (Fsp3) is 0.500. The van der Waals surface area contributed by atoms with Crippen molar-refractivity contribution in [3.8, 4) is 0 Å². The van der Waals surface area contributed by atoms with Crippen molar-refractivity contribution in [2.75, 3.05) is 6.61 Å².